The number of aromatic nitrogens is 1. The van der Waals surface area contributed by atoms with Crippen LogP contribution in [0.3, 0.4) is 0 Å². The lowest BCUT2D eigenvalue weighted by Crippen LogP contribution is -2.36. The van der Waals surface area contributed by atoms with Gasteiger partial charge in [-0.3, -0.25) is 4.79 Å². The molecule has 1 aromatic rings. The van der Waals surface area contributed by atoms with Crippen LogP contribution in [0.5, 0.6) is 0 Å². The highest BCUT2D eigenvalue weighted by Gasteiger charge is 2.16. The number of piperidine rings is 1. The van der Waals surface area contributed by atoms with E-state index >= 15 is 0 Å². The molecule has 5 nitrogen and oxygen atoms in total. The molecule has 0 atom stereocenters. The maximum atomic E-state index is 11.6. The number of hydrogen-bond donors (Lipinski definition) is 1. The molecule has 20 heavy (non-hydrogen) atoms. The molecule has 0 spiro atoms. The second-order valence-corrected chi connectivity index (χ2v) is 5.16. The van der Waals surface area contributed by atoms with Crippen LogP contribution in [0.1, 0.15) is 31.4 Å². The van der Waals surface area contributed by atoms with Gasteiger partial charge in [-0.2, -0.15) is 5.26 Å². The molecule has 0 unspecified atom stereocenters. The lowest BCUT2D eigenvalue weighted by Gasteiger charge is -2.26. The molecule has 0 aromatic carbocycles. The Hall–Kier alpha value is -1.80. The van der Waals surface area contributed by atoms with Crippen molar-refractivity contribution < 1.29 is 4.79 Å². The first-order valence-electron chi connectivity index (χ1n) is 6.79. The average molecular weight is 293 g/mol. The van der Waals surface area contributed by atoms with Gasteiger partial charge in [0.2, 0.25) is 5.91 Å². The third-order valence-corrected chi connectivity index (χ3v) is 3.59. The van der Waals surface area contributed by atoms with Gasteiger partial charge in [0.1, 0.15) is 11.9 Å². The van der Waals surface area contributed by atoms with Crippen LogP contribution in [0, 0.1) is 11.3 Å². The molecule has 2 rings (SSSR count). The molecule has 0 bridgehead atoms. The van der Waals surface area contributed by atoms with Crippen molar-refractivity contribution in [1.29, 1.82) is 5.26 Å². The van der Waals surface area contributed by atoms with Crippen molar-refractivity contribution in [1.82, 2.24) is 9.88 Å². The number of pyridine rings is 1. The van der Waals surface area contributed by atoms with Gasteiger partial charge >= 0.3 is 0 Å². The quantitative estimate of drug-likeness (QED) is 0.846. The Bertz CT molecular complexity index is 526. The Morgan fingerprint density at radius 3 is 3.05 bits per heavy atom. The van der Waals surface area contributed by atoms with E-state index in [0.717, 1.165) is 32.4 Å². The Kier molecular flexibility index (Phi) is 5.19. The Balaban J connectivity index is 1.76. The molecule has 1 amide bonds. The normalized spacial score (nSPS) is 15.0. The summed E-state index contributed by atoms with van der Waals surface area (Å²) in [5.41, 5.74) is 0.225. The van der Waals surface area contributed by atoms with Crippen LogP contribution in [0.25, 0.3) is 0 Å². The van der Waals surface area contributed by atoms with Crippen molar-refractivity contribution in [3.8, 4) is 6.07 Å². The van der Waals surface area contributed by atoms with Gasteiger partial charge in [-0.15, -0.1) is 0 Å². The van der Waals surface area contributed by atoms with Crippen LogP contribution in [0.4, 0.5) is 5.82 Å². The zero-order valence-electron chi connectivity index (χ0n) is 11.2. The van der Waals surface area contributed by atoms with Crippen LogP contribution in [0.15, 0.2) is 12.1 Å². The lowest BCUT2D eigenvalue weighted by atomic mass is 10.1. The first kappa shape index (κ1) is 14.6. The highest BCUT2D eigenvalue weighted by atomic mass is 35.5. The summed E-state index contributed by atoms with van der Waals surface area (Å²) >= 11 is 5.82. The van der Waals surface area contributed by atoms with Crippen molar-refractivity contribution in [2.45, 2.75) is 25.7 Å². The fourth-order valence-corrected chi connectivity index (χ4v) is 2.35. The van der Waals surface area contributed by atoms with E-state index in [1.54, 1.807) is 12.1 Å². The molecule has 1 fully saturated rings. The molecule has 1 saturated heterocycles. The van der Waals surface area contributed by atoms with Gasteiger partial charge in [-0.1, -0.05) is 11.6 Å². The van der Waals surface area contributed by atoms with Crippen LogP contribution in [-0.2, 0) is 4.79 Å². The topological polar surface area (TPSA) is 69.0 Å². The number of nitrogens with zero attached hydrogens (tertiary/aromatic N) is 3. The maximum Gasteiger partial charge on any atom is 0.222 e. The van der Waals surface area contributed by atoms with E-state index in [1.807, 2.05) is 11.0 Å². The van der Waals surface area contributed by atoms with E-state index in [-0.39, 0.29) is 11.6 Å². The zero-order chi connectivity index (χ0) is 14.4. The highest BCUT2D eigenvalue weighted by molar-refractivity contribution is 6.31. The smallest absolute Gasteiger partial charge is 0.222 e. The lowest BCUT2D eigenvalue weighted by molar-refractivity contribution is -0.133. The number of halogens is 1. The molecule has 1 aliphatic rings. The summed E-state index contributed by atoms with van der Waals surface area (Å²) in [4.78, 5) is 17.6. The number of carbonyl (C=O) groups excluding carboxylic acids is 1. The van der Waals surface area contributed by atoms with E-state index in [9.17, 15) is 4.79 Å². The Morgan fingerprint density at radius 1 is 1.45 bits per heavy atom. The SMILES string of the molecule is N#Cc1nc(NCCCN2CCCCC2=O)ccc1Cl. The number of hydrogen-bond acceptors (Lipinski definition) is 4. The highest BCUT2D eigenvalue weighted by Crippen LogP contribution is 2.15. The summed E-state index contributed by atoms with van der Waals surface area (Å²) in [5.74, 6) is 0.892. The number of carbonyl (C=O) groups is 1. The molecule has 106 valence electrons. The molecule has 1 aromatic heterocycles. The van der Waals surface area contributed by atoms with Gasteiger partial charge in [0.05, 0.1) is 5.02 Å². The number of amides is 1. The van der Waals surface area contributed by atoms with Crippen molar-refractivity contribution in [2.24, 2.45) is 0 Å². The largest absolute Gasteiger partial charge is 0.370 e. The van der Waals surface area contributed by atoms with E-state index < -0.39 is 0 Å². The molecule has 1 N–H and O–H groups in total. The Labute approximate surface area is 123 Å². The van der Waals surface area contributed by atoms with Crippen LogP contribution in [-0.4, -0.2) is 35.4 Å². The summed E-state index contributed by atoms with van der Waals surface area (Å²) in [5, 5.41) is 12.3. The second kappa shape index (κ2) is 7.11. The van der Waals surface area contributed by atoms with Crippen molar-refractivity contribution in [2.75, 3.05) is 25.0 Å². The van der Waals surface area contributed by atoms with Crippen LogP contribution >= 0.6 is 11.6 Å². The summed E-state index contributed by atoms with van der Waals surface area (Å²) in [6.07, 6.45) is 3.65. The van der Waals surface area contributed by atoms with Gasteiger partial charge in [-0.05, 0) is 31.4 Å². The first-order chi connectivity index (χ1) is 9.70. The molecule has 0 radical (unpaired) electrons. The van der Waals surface area contributed by atoms with Gasteiger partial charge in [0, 0.05) is 26.1 Å². The Morgan fingerprint density at radius 2 is 2.30 bits per heavy atom. The fourth-order valence-electron chi connectivity index (χ4n) is 2.20. The summed E-state index contributed by atoms with van der Waals surface area (Å²) in [7, 11) is 0. The summed E-state index contributed by atoms with van der Waals surface area (Å²) in [6.45, 7) is 2.35. The minimum Gasteiger partial charge on any atom is -0.370 e. The molecular formula is C14H17ClN4O. The zero-order valence-corrected chi connectivity index (χ0v) is 12.0. The maximum absolute atomic E-state index is 11.6. The number of nitriles is 1. The van der Waals surface area contributed by atoms with Crippen LogP contribution < -0.4 is 5.32 Å². The molecule has 0 saturated carbocycles. The number of likely N-dealkylation sites (tertiary alicyclic amines) is 1. The second-order valence-electron chi connectivity index (χ2n) is 4.76. The third kappa shape index (κ3) is 3.84. The van der Waals surface area contributed by atoms with E-state index in [0.29, 0.717) is 23.8 Å². The predicted octanol–water partition coefficient (Wildman–Crippen LogP) is 2.42. The van der Waals surface area contributed by atoms with Gasteiger partial charge in [-0.25, -0.2) is 4.98 Å². The summed E-state index contributed by atoms with van der Waals surface area (Å²) in [6, 6.07) is 5.35. The summed E-state index contributed by atoms with van der Waals surface area (Å²) < 4.78 is 0. The van der Waals surface area contributed by atoms with E-state index in [2.05, 4.69) is 10.3 Å². The van der Waals surface area contributed by atoms with Gasteiger partial charge in [0.25, 0.3) is 0 Å². The monoisotopic (exact) mass is 292 g/mol. The number of anilines is 1. The number of nitrogens with one attached hydrogen (secondary N) is 1. The predicted molar refractivity (Wildman–Crippen MR) is 77.5 cm³/mol. The molecule has 2 heterocycles. The average Bonchev–Trinajstić information content (AvgIpc) is 2.47. The molecule has 0 aliphatic carbocycles. The molecular weight excluding hydrogens is 276 g/mol. The fraction of sp³-hybridized carbons (Fsp3) is 0.500. The minimum absolute atomic E-state index is 0.225. The third-order valence-electron chi connectivity index (χ3n) is 3.28. The van der Waals surface area contributed by atoms with E-state index in [1.165, 1.54) is 0 Å². The minimum atomic E-state index is 0.225. The first-order valence-corrected chi connectivity index (χ1v) is 7.17. The standard InChI is InChI=1S/C14H17ClN4O/c15-11-5-6-13(18-12(11)10-16)17-7-3-9-19-8-2-1-4-14(19)20/h5-6H,1-4,7-9H2,(H,17,18). The molecule has 6 heteroatoms. The van der Waals surface area contributed by atoms with Gasteiger partial charge in [0.15, 0.2) is 5.69 Å². The van der Waals surface area contributed by atoms with Crippen LogP contribution in [0.2, 0.25) is 5.02 Å². The van der Waals surface area contributed by atoms with Gasteiger partial charge < -0.3 is 10.2 Å². The van der Waals surface area contributed by atoms with Crippen molar-refractivity contribution in [3.63, 3.8) is 0 Å². The van der Waals surface area contributed by atoms with Crippen molar-refractivity contribution >= 4 is 23.3 Å². The number of rotatable bonds is 5. The van der Waals surface area contributed by atoms with E-state index in [4.69, 9.17) is 16.9 Å². The van der Waals surface area contributed by atoms with Crippen molar-refractivity contribution in [3.05, 3.63) is 22.8 Å². The molecule has 1 aliphatic heterocycles.